The SMILES string of the molecule is C=C(C)CN(CC)C(=O)C1CCCCN1C(=O)c1cccs1. The van der Waals surface area contributed by atoms with Crippen molar-refractivity contribution in [3.05, 3.63) is 34.5 Å². The second-order valence-corrected chi connectivity index (χ2v) is 6.74. The highest BCUT2D eigenvalue weighted by Crippen LogP contribution is 2.23. The lowest BCUT2D eigenvalue weighted by Crippen LogP contribution is -2.53. The van der Waals surface area contributed by atoms with Crippen LogP contribution in [0.15, 0.2) is 29.7 Å². The molecule has 1 saturated heterocycles. The van der Waals surface area contributed by atoms with Gasteiger partial charge in [-0.3, -0.25) is 9.59 Å². The van der Waals surface area contributed by atoms with E-state index in [9.17, 15) is 9.59 Å². The van der Waals surface area contributed by atoms with E-state index < -0.39 is 0 Å². The Kier molecular flexibility index (Phi) is 5.77. The quantitative estimate of drug-likeness (QED) is 0.782. The Morgan fingerprint density at radius 3 is 2.82 bits per heavy atom. The molecule has 2 amide bonds. The third kappa shape index (κ3) is 3.77. The van der Waals surface area contributed by atoms with Crippen LogP contribution in [0.5, 0.6) is 0 Å². The van der Waals surface area contributed by atoms with E-state index in [1.54, 1.807) is 9.80 Å². The first-order chi connectivity index (χ1) is 10.5. The maximum absolute atomic E-state index is 12.8. The minimum absolute atomic E-state index is 0.0144. The van der Waals surface area contributed by atoms with E-state index in [1.165, 1.54) is 11.3 Å². The molecule has 0 bridgehead atoms. The number of piperidine rings is 1. The minimum Gasteiger partial charge on any atom is -0.337 e. The molecule has 0 aliphatic carbocycles. The average Bonchev–Trinajstić information content (AvgIpc) is 3.05. The summed E-state index contributed by atoms with van der Waals surface area (Å²) in [7, 11) is 0. The molecule has 1 aromatic rings. The number of amides is 2. The Morgan fingerprint density at radius 2 is 2.23 bits per heavy atom. The van der Waals surface area contributed by atoms with Gasteiger partial charge in [0, 0.05) is 19.6 Å². The molecule has 0 aromatic carbocycles. The van der Waals surface area contributed by atoms with E-state index in [4.69, 9.17) is 0 Å². The van der Waals surface area contributed by atoms with Gasteiger partial charge < -0.3 is 9.80 Å². The molecule has 0 radical (unpaired) electrons. The smallest absolute Gasteiger partial charge is 0.264 e. The number of rotatable bonds is 5. The summed E-state index contributed by atoms with van der Waals surface area (Å²) in [4.78, 5) is 29.8. The van der Waals surface area contributed by atoms with Crippen LogP contribution in [0.4, 0.5) is 0 Å². The molecule has 120 valence electrons. The Morgan fingerprint density at radius 1 is 1.45 bits per heavy atom. The first kappa shape index (κ1) is 16.7. The van der Waals surface area contributed by atoms with Gasteiger partial charge in [0.05, 0.1) is 4.88 Å². The molecule has 1 aliphatic heterocycles. The molecule has 0 spiro atoms. The van der Waals surface area contributed by atoms with Crippen molar-refractivity contribution in [1.29, 1.82) is 0 Å². The molecule has 1 fully saturated rings. The Hall–Kier alpha value is -1.62. The van der Waals surface area contributed by atoms with Crippen LogP contribution in [0.1, 0.15) is 42.8 Å². The predicted octanol–water partition coefficient (Wildman–Crippen LogP) is 3.17. The number of thiophene rings is 1. The fourth-order valence-corrected chi connectivity index (χ4v) is 3.53. The van der Waals surface area contributed by atoms with Crippen LogP contribution in [0.3, 0.4) is 0 Å². The van der Waals surface area contributed by atoms with Crippen LogP contribution in [0, 0.1) is 0 Å². The lowest BCUT2D eigenvalue weighted by molar-refractivity contribution is -0.136. The first-order valence-corrected chi connectivity index (χ1v) is 8.70. The van der Waals surface area contributed by atoms with Gasteiger partial charge in [-0.2, -0.15) is 0 Å². The van der Waals surface area contributed by atoms with Gasteiger partial charge in [0.25, 0.3) is 5.91 Å². The number of nitrogens with zero attached hydrogens (tertiary/aromatic N) is 2. The van der Waals surface area contributed by atoms with Crippen molar-refractivity contribution < 1.29 is 9.59 Å². The monoisotopic (exact) mass is 320 g/mol. The van der Waals surface area contributed by atoms with Gasteiger partial charge in [-0.1, -0.05) is 18.2 Å². The highest BCUT2D eigenvalue weighted by molar-refractivity contribution is 7.12. The Balaban J connectivity index is 2.16. The standard InChI is InChI=1S/C17H24N2O2S/c1-4-18(12-13(2)3)16(20)14-8-5-6-10-19(14)17(21)15-9-7-11-22-15/h7,9,11,14H,2,4-6,8,10,12H2,1,3H3. The van der Waals surface area contributed by atoms with Crippen LogP contribution in [0.25, 0.3) is 0 Å². The maximum Gasteiger partial charge on any atom is 0.264 e. The van der Waals surface area contributed by atoms with Crippen LogP contribution in [-0.4, -0.2) is 47.3 Å². The fraction of sp³-hybridized carbons (Fsp3) is 0.529. The minimum atomic E-state index is -0.331. The van der Waals surface area contributed by atoms with Crippen molar-refractivity contribution >= 4 is 23.2 Å². The van der Waals surface area contributed by atoms with Gasteiger partial charge >= 0.3 is 0 Å². The molecule has 1 aliphatic rings. The van der Waals surface area contributed by atoms with Crippen molar-refractivity contribution in [3.63, 3.8) is 0 Å². The van der Waals surface area contributed by atoms with Crippen molar-refractivity contribution in [2.45, 2.75) is 39.2 Å². The maximum atomic E-state index is 12.8. The topological polar surface area (TPSA) is 40.6 Å². The molecular formula is C17H24N2O2S. The fourth-order valence-electron chi connectivity index (χ4n) is 2.86. The molecule has 1 atom stereocenters. The Labute approximate surface area is 136 Å². The van der Waals surface area contributed by atoms with E-state index in [1.807, 2.05) is 31.4 Å². The number of hydrogen-bond acceptors (Lipinski definition) is 3. The van der Waals surface area contributed by atoms with E-state index in [0.717, 1.165) is 24.8 Å². The van der Waals surface area contributed by atoms with E-state index in [0.29, 0.717) is 24.5 Å². The van der Waals surface area contributed by atoms with Gasteiger partial charge in [0.2, 0.25) is 5.91 Å². The van der Waals surface area contributed by atoms with Gasteiger partial charge in [-0.25, -0.2) is 0 Å². The van der Waals surface area contributed by atoms with E-state index >= 15 is 0 Å². The number of likely N-dealkylation sites (tertiary alicyclic amines) is 1. The lowest BCUT2D eigenvalue weighted by Gasteiger charge is -2.37. The molecule has 0 saturated carbocycles. The zero-order chi connectivity index (χ0) is 16.1. The molecule has 1 aromatic heterocycles. The molecule has 5 heteroatoms. The number of carbonyl (C=O) groups is 2. The van der Waals surface area contributed by atoms with Gasteiger partial charge in [-0.15, -0.1) is 11.3 Å². The average molecular weight is 320 g/mol. The molecule has 1 unspecified atom stereocenters. The van der Waals surface area contributed by atoms with Gasteiger partial charge in [0.15, 0.2) is 0 Å². The first-order valence-electron chi connectivity index (χ1n) is 7.82. The zero-order valence-corrected chi connectivity index (χ0v) is 14.2. The summed E-state index contributed by atoms with van der Waals surface area (Å²) in [6.07, 6.45) is 2.71. The molecule has 2 heterocycles. The number of hydrogen-bond donors (Lipinski definition) is 0. The van der Waals surface area contributed by atoms with E-state index in [2.05, 4.69) is 6.58 Å². The summed E-state index contributed by atoms with van der Waals surface area (Å²) in [5.74, 6) is 0.0366. The second kappa shape index (κ2) is 7.58. The van der Waals surface area contributed by atoms with Crippen molar-refractivity contribution in [2.75, 3.05) is 19.6 Å². The second-order valence-electron chi connectivity index (χ2n) is 5.80. The van der Waals surface area contributed by atoms with Crippen LogP contribution < -0.4 is 0 Å². The van der Waals surface area contributed by atoms with Gasteiger partial charge in [-0.05, 0) is 44.6 Å². The lowest BCUT2D eigenvalue weighted by atomic mass is 10.00. The molecular weight excluding hydrogens is 296 g/mol. The van der Waals surface area contributed by atoms with Crippen LogP contribution in [0.2, 0.25) is 0 Å². The van der Waals surface area contributed by atoms with Crippen molar-refractivity contribution in [2.24, 2.45) is 0 Å². The zero-order valence-electron chi connectivity index (χ0n) is 13.4. The normalized spacial score (nSPS) is 18.1. The third-order valence-corrected chi connectivity index (χ3v) is 4.79. The third-order valence-electron chi connectivity index (χ3n) is 3.93. The summed E-state index contributed by atoms with van der Waals surface area (Å²) in [5.41, 5.74) is 0.960. The highest BCUT2D eigenvalue weighted by Gasteiger charge is 2.35. The molecule has 2 rings (SSSR count). The van der Waals surface area contributed by atoms with Crippen molar-refractivity contribution in [3.8, 4) is 0 Å². The van der Waals surface area contributed by atoms with Crippen LogP contribution in [-0.2, 0) is 4.79 Å². The largest absolute Gasteiger partial charge is 0.337 e. The summed E-state index contributed by atoms with van der Waals surface area (Å²) >= 11 is 1.43. The van der Waals surface area contributed by atoms with Crippen molar-refractivity contribution in [1.82, 2.24) is 9.80 Å². The highest BCUT2D eigenvalue weighted by atomic mass is 32.1. The summed E-state index contributed by atoms with van der Waals surface area (Å²) in [5, 5.41) is 1.90. The summed E-state index contributed by atoms with van der Waals surface area (Å²) in [6.45, 7) is 9.65. The molecule has 4 nitrogen and oxygen atoms in total. The van der Waals surface area contributed by atoms with E-state index in [-0.39, 0.29) is 17.9 Å². The number of likely N-dealkylation sites (N-methyl/N-ethyl adjacent to an activating group) is 1. The molecule has 0 N–H and O–H groups in total. The number of carbonyl (C=O) groups excluding carboxylic acids is 2. The predicted molar refractivity (Wildman–Crippen MR) is 90.1 cm³/mol. The Bertz CT molecular complexity index is 539. The van der Waals surface area contributed by atoms with Crippen LogP contribution >= 0.6 is 11.3 Å². The summed E-state index contributed by atoms with van der Waals surface area (Å²) in [6, 6.07) is 3.37. The van der Waals surface area contributed by atoms with Gasteiger partial charge in [0.1, 0.15) is 6.04 Å². The summed E-state index contributed by atoms with van der Waals surface area (Å²) < 4.78 is 0. The molecule has 22 heavy (non-hydrogen) atoms.